The molecule has 0 aromatic heterocycles. The zero-order chi connectivity index (χ0) is 17.6. The number of para-hydroxylation sites is 1. The minimum atomic E-state index is -0.137. The first kappa shape index (κ1) is 17.3. The minimum Gasteiger partial charge on any atom is -0.496 e. The number of benzene rings is 2. The highest BCUT2D eigenvalue weighted by Crippen LogP contribution is 2.22. The van der Waals surface area contributed by atoms with E-state index < -0.39 is 0 Å². The van der Waals surface area contributed by atoms with E-state index in [-0.39, 0.29) is 11.9 Å². The number of rotatable bonds is 5. The average molecular weight is 340 g/mol. The second-order valence-corrected chi connectivity index (χ2v) is 6.09. The van der Waals surface area contributed by atoms with Crippen LogP contribution in [0.15, 0.2) is 48.5 Å². The minimum absolute atomic E-state index is 0.0869. The maximum Gasteiger partial charge on any atom is 0.255 e. The highest BCUT2D eigenvalue weighted by atomic mass is 16.5. The summed E-state index contributed by atoms with van der Waals surface area (Å²) in [6.45, 7) is 5.36. The first-order valence-corrected chi connectivity index (χ1v) is 8.55. The average Bonchev–Trinajstić information content (AvgIpc) is 2.68. The van der Waals surface area contributed by atoms with Crippen molar-refractivity contribution >= 4 is 11.6 Å². The van der Waals surface area contributed by atoms with E-state index in [1.54, 1.807) is 19.2 Å². The molecular weight excluding hydrogens is 316 g/mol. The summed E-state index contributed by atoms with van der Waals surface area (Å²) in [5.41, 5.74) is 2.80. The number of carbonyl (C=O) groups excluding carboxylic acids is 1. The number of morpholine rings is 1. The van der Waals surface area contributed by atoms with Crippen LogP contribution in [0.1, 0.15) is 28.9 Å². The summed E-state index contributed by atoms with van der Waals surface area (Å²) >= 11 is 0. The largest absolute Gasteiger partial charge is 0.496 e. The Bertz CT molecular complexity index is 709. The third kappa shape index (κ3) is 4.12. The van der Waals surface area contributed by atoms with Crippen LogP contribution in [0.3, 0.4) is 0 Å². The molecule has 25 heavy (non-hydrogen) atoms. The number of carbonyl (C=O) groups is 1. The predicted molar refractivity (Wildman–Crippen MR) is 98.3 cm³/mol. The van der Waals surface area contributed by atoms with Gasteiger partial charge in [-0.1, -0.05) is 24.3 Å². The van der Waals surface area contributed by atoms with E-state index in [4.69, 9.17) is 9.47 Å². The molecule has 2 aromatic carbocycles. The number of amides is 1. The maximum absolute atomic E-state index is 12.5. The molecule has 1 aliphatic rings. The van der Waals surface area contributed by atoms with Crippen LogP contribution < -0.4 is 15.0 Å². The van der Waals surface area contributed by atoms with E-state index in [1.807, 2.05) is 19.1 Å². The Labute approximate surface area is 148 Å². The smallest absolute Gasteiger partial charge is 0.255 e. The summed E-state index contributed by atoms with van der Waals surface area (Å²) in [6.07, 6.45) is 0. The molecule has 5 heteroatoms. The quantitative estimate of drug-likeness (QED) is 0.909. The monoisotopic (exact) mass is 340 g/mol. The van der Waals surface area contributed by atoms with E-state index >= 15 is 0 Å². The first-order chi connectivity index (χ1) is 12.2. The summed E-state index contributed by atoms with van der Waals surface area (Å²) in [4.78, 5) is 14.8. The summed E-state index contributed by atoms with van der Waals surface area (Å²) in [5.74, 6) is 0.442. The highest BCUT2D eigenvalue weighted by Gasteiger charge is 2.16. The Morgan fingerprint density at radius 3 is 2.48 bits per heavy atom. The van der Waals surface area contributed by atoms with Crippen LogP contribution in [-0.2, 0) is 4.74 Å². The summed E-state index contributed by atoms with van der Waals surface area (Å²) in [7, 11) is 1.57. The Morgan fingerprint density at radius 1 is 1.12 bits per heavy atom. The van der Waals surface area contributed by atoms with E-state index in [9.17, 15) is 4.79 Å². The zero-order valence-corrected chi connectivity index (χ0v) is 14.7. The number of nitrogens with one attached hydrogen (secondary N) is 1. The van der Waals surface area contributed by atoms with Gasteiger partial charge in [0.15, 0.2) is 0 Å². The lowest BCUT2D eigenvalue weighted by molar-refractivity contribution is 0.0937. The number of nitrogens with zero attached hydrogens (tertiary/aromatic N) is 1. The molecule has 0 spiro atoms. The summed E-state index contributed by atoms with van der Waals surface area (Å²) < 4.78 is 10.6. The number of ether oxygens (including phenoxy) is 2. The Kier molecular flexibility index (Phi) is 5.56. The van der Waals surface area contributed by atoms with Crippen molar-refractivity contribution < 1.29 is 14.3 Å². The molecule has 1 N–H and O–H groups in total. The molecule has 5 nitrogen and oxygen atoms in total. The third-order valence-electron chi connectivity index (χ3n) is 4.47. The fourth-order valence-corrected chi connectivity index (χ4v) is 2.99. The van der Waals surface area contributed by atoms with Gasteiger partial charge in [0.25, 0.3) is 5.91 Å². The van der Waals surface area contributed by atoms with Gasteiger partial charge in [-0.25, -0.2) is 0 Å². The molecule has 2 aromatic rings. The molecule has 0 radical (unpaired) electrons. The van der Waals surface area contributed by atoms with Crippen molar-refractivity contribution in [1.82, 2.24) is 5.32 Å². The van der Waals surface area contributed by atoms with Gasteiger partial charge in [-0.3, -0.25) is 4.79 Å². The fraction of sp³-hybridized carbons (Fsp3) is 0.350. The maximum atomic E-state index is 12.5. The second-order valence-electron chi connectivity index (χ2n) is 6.09. The van der Waals surface area contributed by atoms with Gasteiger partial charge in [-0.2, -0.15) is 0 Å². The van der Waals surface area contributed by atoms with Gasteiger partial charge in [0.05, 0.1) is 31.9 Å². The summed E-state index contributed by atoms with van der Waals surface area (Å²) in [6, 6.07) is 15.5. The Balaban J connectivity index is 1.66. The van der Waals surface area contributed by atoms with Crippen LogP contribution in [0.5, 0.6) is 5.75 Å². The molecule has 1 aliphatic heterocycles. The van der Waals surface area contributed by atoms with Gasteiger partial charge in [0.2, 0.25) is 0 Å². The van der Waals surface area contributed by atoms with Crippen molar-refractivity contribution in [2.75, 3.05) is 38.3 Å². The first-order valence-electron chi connectivity index (χ1n) is 8.55. The van der Waals surface area contributed by atoms with Gasteiger partial charge in [0.1, 0.15) is 5.75 Å². The standard InChI is InChI=1S/C20H24N2O3/c1-15(21-20(23)18-5-3-4-6-19(18)24-2)16-7-9-17(10-8-16)22-11-13-25-14-12-22/h3-10,15H,11-14H2,1-2H3,(H,21,23)/t15-/m0/s1. The summed E-state index contributed by atoms with van der Waals surface area (Å²) in [5, 5.41) is 3.03. The molecular formula is C20H24N2O3. The normalized spacial score (nSPS) is 15.5. The molecule has 0 aliphatic carbocycles. The molecule has 1 saturated heterocycles. The van der Waals surface area contributed by atoms with Gasteiger partial charge in [0, 0.05) is 18.8 Å². The number of methoxy groups -OCH3 is 1. The van der Waals surface area contributed by atoms with E-state index in [2.05, 4.69) is 34.5 Å². The van der Waals surface area contributed by atoms with Crippen molar-refractivity contribution in [3.63, 3.8) is 0 Å². The van der Waals surface area contributed by atoms with Gasteiger partial charge < -0.3 is 19.7 Å². The van der Waals surface area contributed by atoms with Crippen molar-refractivity contribution in [1.29, 1.82) is 0 Å². The number of hydrogen-bond acceptors (Lipinski definition) is 4. The van der Waals surface area contributed by atoms with E-state index in [0.717, 1.165) is 31.9 Å². The molecule has 0 saturated carbocycles. The molecule has 0 unspecified atom stereocenters. The second kappa shape index (κ2) is 8.03. The number of anilines is 1. The van der Waals surface area contributed by atoms with Crippen LogP contribution >= 0.6 is 0 Å². The Hall–Kier alpha value is -2.53. The third-order valence-corrected chi connectivity index (χ3v) is 4.47. The lowest BCUT2D eigenvalue weighted by Gasteiger charge is -2.29. The van der Waals surface area contributed by atoms with Crippen LogP contribution in [0.4, 0.5) is 5.69 Å². The molecule has 1 fully saturated rings. The van der Waals surface area contributed by atoms with Crippen LogP contribution in [0, 0.1) is 0 Å². The SMILES string of the molecule is COc1ccccc1C(=O)N[C@@H](C)c1ccc(N2CCOCC2)cc1. The zero-order valence-electron chi connectivity index (χ0n) is 14.7. The highest BCUT2D eigenvalue weighted by molar-refractivity contribution is 5.97. The Morgan fingerprint density at radius 2 is 1.80 bits per heavy atom. The molecule has 0 bridgehead atoms. The van der Waals surface area contributed by atoms with Crippen LogP contribution in [0.25, 0.3) is 0 Å². The van der Waals surface area contributed by atoms with Gasteiger partial charge in [-0.05, 0) is 36.8 Å². The fourth-order valence-electron chi connectivity index (χ4n) is 2.99. The molecule has 1 atom stereocenters. The van der Waals surface area contributed by atoms with Crippen molar-refractivity contribution in [2.24, 2.45) is 0 Å². The van der Waals surface area contributed by atoms with Crippen LogP contribution in [0.2, 0.25) is 0 Å². The molecule has 1 heterocycles. The van der Waals surface area contributed by atoms with Crippen LogP contribution in [-0.4, -0.2) is 39.3 Å². The topological polar surface area (TPSA) is 50.8 Å². The van der Waals surface area contributed by atoms with Crippen molar-refractivity contribution in [3.8, 4) is 5.75 Å². The molecule has 3 rings (SSSR count). The lowest BCUT2D eigenvalue weighted by atomic mass is 10.1. The van der Waals surface area contributed by atoms with E-state index in [1.165, 1.54) is 5.69 Å². The molecule has 132 valence electrons. The molecule has 1 amide bonds. The van der Waals surface area contributed by atoms with Gasteiger partial charge >= 0.3 is 0 Å². The van der Waals surface area contributed by atoms with Gasteiger partial charge in [-0.15, -0.1) is 0 Å². The van der Waals surface area contributed by atoms with Crippen molar-refractivity contribution in [2.45, 2.75) is 13.0 Å². The number of hydrogen-bond donors (Lipinski definition) is 1. The van der Waals surface area contributed by atoms with E-state index in [0.29, 0.717) is 11.3 Å². The lowest BCUT2D eigenvalue weighted by Crippen LogP contribution is -2.36. The predicted octanol–water partition coefficient (Wildman–Crippen LogP) is 3.02. The van der Waals surface area contributed by atoms with Crippen molar-refractivity contribution in [3.05, 3.63) is 59.7 Å².